The third-order valence-electron chi connectivity index (χ3n) is 4.77. The molecule has 5 rings (SSSR count). The summed E-state index contributed by atoms with van der Waals surface area (Å²) in [6.45, 7) is -0.633. The van der Waals surface area contributed by atoms with Crippen molar-refractivity contribution in [3.05, 3.63) is 77.5 Å². The number of benzene rings is 2. The van der Waals surface area contributed by atoms with E-state index in [4.69, 9.17) is 13.7 Å². The minimum absolute atomic E-state index is 0.161. The first-order chi connectivity index (χ1) is 14.6. The second kappa shape index (κ2) is 7.00. The molecule has 3 heterocycles. The average molecular weight is 402 g/mol. The van der Waals surface area contributed by atoms with Gasteiger partial charge in [0.25, 0.3) is 11.8 Å². The van der Waals surface area contributed by atoms with Crippen molar-refractivity contribution in [2.75, 3.05) is 6.54 Å². The van der Waals surface area contributed by atoms with Crippen molar-refractivity contribution in [1.29, 1.82) is 0 Å². The summed E-state index contributed by atoms with van der Waals surface area (Å²) in [5.74, 6) is -0.843. The Bertz CT molecular complexity index is 1230. The van der Waals surface area contributed by atoms with E-state index in [1.165, 1.54) is 0 Å². The van der Waals surface area contributed by atoms with E-state index in [1.54, 1.807) is 30.3 Å². The maximum absolute atomic E-state index is 12.3. The molecule has 0 atom stereocenters. The summed E-state index contributed by atoms with van der Waals surface area (Å²) in [5.41, 5.74) is 1.66. The zero-order chi connectivity index (χ0) is 20.7. The molecular weight excluding hydrogens is 388 g/mol. The molecule has 0 radical (unpaired) electrons. The van der Waals surface area contributed by atoms with Crippen LogP contribution in [0.2, 0.25) is 0 Å². The van der Waals surface area contributed by atoms with Crippen LogP contribution in [0.3, 0.4) is 0 Å². The molecule has 2 amide bonds. The lowest BCUT2D eigenvalue weighted by Gasteiger charge is -2.12. The standard InChI is InChI=1S/C22H14N2O6/c25-20(11-24-21(26)15-6-2-3-7-16(15)22(24)27)28-12-14-10-19(30-23-14)18-9-13-5-1-4-8-17(13)29-18/h1-10H,11-12H2. The summed E-state index contributed by atoms with van der Waals surface area (Å²) in [6.07, 6.45) is 0. The number of amides is 2. The lowest BCUT2D eigenvalue weighted by Crippen LogP contribution is -2.35. The maximum atomic E-state index is 12.3. The third-order valence-corrected chi connectivity index (χ3v) is 4.77. The van der Waals surface area contributed by atoms with E-state index in [1.807, 2.05) is 30.3 Å². The van der Waals surface area contributed by atoms with Crippen LogP contribution in [-0.4, -0.2) is 34.4 Å². The second-order valence-corrected chi connectivity index (χ2v) is 6.73. The Morgan fingerprint density at radius 2 is 1.63 bits per heavy atom. The molecule has 0 aliphatic carbocycles. The number of rotatable bonds is 5. The first kappa shape index (κ1) is 17.9. The molecule has 8 nitrogen and oxygen atoms in total. The number of furan rings is 1. The van der Waals surface area contributed by atoms with Gasteiger partial charge in [0.2, 0.25) is 5.76 Å². The molecule has 30 heavy (non-hydrogen) atoms. The van der Waals surface area contributed by atoms with Crippen LogP contribution in [-0.2, 0) is 16.1 Å². The number of ether oxygens (including phenoxy) is 1. The topological polar surface area (TPSA) is 103 Å². The molecule has 1 aliphatic rings. The van der Waals surface area contributed by atoms with Crippen molar-refractivity contribution < 1.29 is 28.1 Å². The molecule has 0 N–H and O–H groups in total. The van der Waals surface area contributed by atoms with Crippen molar-refractivity contribution >= 4 is 28.8 Å². The van der Waals surface area contributed by atoms with Gasteiger partial charge in [-0.3, -0.25) is 19.3 Å². The molecule has 1 aliphatic heterocycles. The van der Waals surface area contributed by atoms with Crippen LogP contribution in [0.5, 0.6) is 0 Å². The molecule has 8 heteroatoms. The van der Waals surface area contributed by atoms with Crippen LogP contribution in [0.4, 0.5) is 0 Å². The highest BCUT2D eigenvalue weighted by molar-refractivity contribution is 6.22. The zero-order valence-corrected chi connectivity index (χ0v) is 15.5. The minimum atomic E-state index is -0.724. The van der Waals surface area contributed by atoms with Gasteiger partial charge in [-0.15, -0.1) is 0 Å². The van der Waals surface area contributed by atoms with Crippen LogP contribution in [0.15, 0.2) is 69.6 Å². The highest BCUT2D eigenvalue weighted by atomic mass is 16.5. The highest BCUT2D eigenvalue weighted by Crippen LogP contribution is 2.28. The molecule has 2 aromatic carbocycles. The first-order valence-electron chi connectivity index (χ1n) is 9.15. The molecule has 0 spiro atoms. The number of carbonyl (C=O) groups is 3. The number of imide groups is 1. The van der Waals surface area contributed by atoms with E-state index in [0.29, 0.717) is 17.2 Å². The fourth-order valence-corrected chi connectivity index (χ4v) is 3.31. The van der Waals surface area contributed by atoms with E-state index in [-0.39, 0.29) is 17.7 Å². The van der Waals surface area contributed by atoms with Gasteiger partial charge in [0.1, 0.15) is 24.4 Å². The Labute approximate surface area is 169 Å². The minimum Gasteiger partial charge on any atom is -0.458 e. The van der Waals surface area contributed by atoms with Gasteiger partial charge < -0.3 is 13.7 Å². The Morgan fingerprint density at radius 3 is 2.37 bits per heavy atom. The Kier molecular flexibility index (Phi) is 4.17. The zero-order valence-electron chi connectivity index (χ0n) is 15.5. The molecule has 0 saturated carbocycles. The Morgan fingerprint density at radius 1 is 0.933 bits per heavy atom. The molecule has 148 valence electrons. The monoisotopic (exact) mass is 402 g/mol. The van der Waals surface area contributed by atoms with Gasteiger partial charge in [-0.05, 0) is 24.3 Å². The predicted octanol–water partition coefficient (Wildman–Crippen LogP) is 3.43. The van der Waals surface area contributed by atoms with E-state index in [2.05, 4.69) is 5.16 Å². The van der Waals surface area contributed by atoms with Crippen LogP contribution in [0.1, 0.15) is 26.4 Å². The molecule has 4 aromatic rings. The Balaban J connectivity index is 1.22. The van der Waals surface area contributed by atoms with Crippen molar-refractivity contribution in [1.82, 2.24) is 10.1 Å². The van der Waals surface area contributed by atoms with Crippen LogP contribution in [0, 0.1) is 0 Å². The number of para-hydroxylation sites is 1. The molecular formula is C22H14N2O6. The molecule has 2 aromatic heterocycles. The van der Waals surface area contributed by atoms with E-state index in [9.17, 15) is 14.4 Å². The van der Waals surface area contributed by atoms with Gasteiger partial charge in [-0.2, -0.15) is 0 Å². The predicted molar refractivity (Wildman–Crippen MR) is 103 cm³/mol. The average Bonchev–Trinajstić information content (AvgIpc) is 3.46. The number of fused-ring (bicyclic) bond motifs is 2. The number of hydrogen-bond acceptors (Lipinski definition) is 7. The van der Waals surface area contributed by atoms with Crippen LogP contribution in [0.25, 0.3) is 22.5 Å². The summed E-state index contributed by atoms with van der Waals surface area (Å²) < 4.78 is 16.1. The van der Waals surface area contributed by atoms with Crippen LogP contribution >= 0.6 is 0 Å². The SMILES string of the molecule is O=C(CN1C(=O)c2ccccc2C1=O)OCc1cc(-c2cc3ccccc3o2)on1. The van der Waals surface area contributed by atoms with Crippen molar-refractivity contribution in [3.8, 4) is 11.5 Å². The van der Waals surface area contributed by atoms with Crippen LogP contribution < -0.4 is 0 Å². The lowest BCUT2D eigenvalue weighted by atomic mass is 10.1. The van der Waals surface area contributed by atoms with Crippen molar-refractivity contribution in [2.45, 2.75) is 6.61 Å². The van der Waals surface area contributed by atoms with Gasteiger partial charge in [0.15, 0.2) is 5.76 Å². The summed E-state index contributed by atoms with van der Waals surface area (Å²) in [6, 6.07) is 17.4. The van der Waals surface area contributed by atoms with Gasteiger partial charge in [0.05, 0.1) is 11.1 Å². The highest BCUT2D eigenvalue weighted by Gasteiger charge is 2.36. The number of hydrogen-bond donors (Lipinski definition) is 0. The largest absolute Gasteiger partial charge is 0.458 e. The third kappa shape index (κ3) is 3.04. The summed E-state index contributed by atoms with van der Waals surface area (Å²) in [5, 5.41) is 4.80. The van der Waals surface area contributed by atoms with E-state index < -0.39 is 24.3 Å². The number of aromatic nitrogens is 1. The molecule has 0 saturated heterocycles. The second-order valence-electron chi connectivity index (χ2n) is 6.73. The van der Waals surface area contributed by atoms with Crippen molar-refractivity contribution in [3.63, 3.8) is 0 Å². The fraction of sp³-hybridized carbons (Fsp3) is 0.0909. The summed E-state index contributed by atoms with van der Waals surface area (Å²) in [7, 11) is 0. The molecule has 0 unspecified atom stereocenters. The smallest absolute Gasteiger partial charge is 0.326 e. The number of carbonyl (C=O) groups excluding carboxylic acids is 3. The van der Waals surface area contributed by atoms with Gasteiger partial charge in [-0.1, -0.05) is 35.5 Å². The summed E-state index contributed by atoms with van der Waals surface area (Å²) >= 11 is 0. The van der Waals surface area contributed by atoms with E-state index in [0.717, 1.165) is 15.9 Å². The lowest BCUT2D eigenvalue weighted by molar-refractivity contribution is -0.145. The first-order valence-corrected chi connectivity index (χ1v) is 9.15. The fourth-order valence-electron chi connectivity index (χ4n) is 3.31. The quantitative estimate of drug-likeness (QED) is 0.372. The van der Waals surface area contributed by atoms with Gasteiger partial charge >= 0.3 is 5.97 Å². The van der Waals surface area contributed by atoms with Gasteiger partial charge in [0, 0.05) is 11.5 Å². The molecule has 0 bridgehead atoms. The number of esters is 1. The Hall–Kier alpha value is -4.20. The van der Waals surface area contributed by atoms with Gasteiger partial charge in [-0.25, -0.2) is 0 Å². The van der Waals surface area contributed by atoms with E-state index >= 15 is 0 Å². The van der Waals surface area contributed by atoms with Crippen molar-refractivity contribution in [2.24, 2.45) is 0 Å². The normalized spacial score (nSPS) is 13.1. The molecule has 0 fully saturated rings. The summed E-state index contributed by atoms with van der Waals surface area (Å²) in [4.78, 5) is 37.7. The maximum Gasteiger partial charge on any atom is 0.326 e. The number of nitrogens with zero attached hydrogens (tertiary/aromatic N) is 2.